The van der Waals surface area contributed by atoms with Gasteiger partial charge in [-0.15, -0.1) is 0 Å². The van der Waals surface area contributed by atoms with E-state index >= 15 is 0 Å². The van der Waals surface area contributed by atoms with E-state index in [1.165, 1.54) is 18.9 Å². The molecule has 2 aromatic rings. The van der Waals surface area contributed by atoms with Gasteiger partial charge in [0, 0.05) is 18.2 Å². The first-order valence-corrected chi connectivity index (χ1v) is 7.37. The third-order valence-corrected chi connectivity index (χ3v) is 3.76. The van der Waals surface area contributed by atoms with Gasteiger partial charge in [-0.25, -0.2) is 4.39 Å². The topological polar surface area (TPSA) is 34.4 Å². The molecule has 0 atom stereocenters. The Kier molecular flexibility index (Phi) is 4.08. The van der Waals surface area contributed by atoms with Crippen molar-refractivity contribution in [2.45, 2.75) is 32.0 Å². The minimum atomic E-state index is -0.302. The van der Waals surface area contributed by atoms with E-state index in [1.807, 2.05) is 6.07 Å². The molecule has 1 heterocycles. The summed E-state index contributed by atoms with van der Waals surface area (Å²) in [6.07, 6.45) is 4.29. The summed E-state index contributed by atoms with van der Waals surface area (Å²) < 4.78 is 24.5. The number of nitrogens with one attached hydrogen (secondary N) is 1. The molecule has 20 heavy (non-hydrogen) atoms. The van der Waals surface area contributed by atoms with Crippen molar-refractivity contribution in [3.8, 4) is 5.75 Å². The lowest BCUT2D eigenvalue weighted by atomic mass is 10.3. The van der Waals surface area contributed by atoms with Crippen LogP contribution in [-0.2, 0) is 13.2 Å². The summed E-state index contributed by atoms with van der Waals surface area (Å²) in [6.45, 7) is 1.16. The van der Waals surface area contributed by atoms with E-state index in [9.17, 15) is 4.39 Å². The smallest absolute Gasteiger partial charge is 0.146 e. The molecule has 1 fully saturated rings. The van der Waals surface area contributed by atoms with Crippen LogP contribution in [0.2, 0.25) is 0 Å². The quantitative estimate of drug-likeness (QED) is 0.863. The van der Waals surface area contributed by atoms with Crippen molar-refractivity contribution in [2.75, 3.05) is 0 Å². The summed E-state index contributed by atoms with van der Waals surface area (Å²) in [5.41, 5.74) is 1.12. The molecule has 0 bridgehead atoms. The molecule has 1 aromatic carbocycles. The maximum Gasteiger partial charge on any atom is 0.146 e. The molecule has 0 unspecified atom stereocenters. The maximum atomic E-state index is 13.1. The SMILES string of the molecule is Fc1ccc(OCc2cc(CNC3CC3)co2)cc1Br. The second-order valence-corrected chi connectivity index (χ2v) is 5.80. The van der Waals surface area contributed by atoms with Crippen molar-refractivity contribution >= 4 is 15.9 Å². The number of benzene rings is 1. The molecule has 0 saturated heterocycles. The predicted octanol–water partition coefficient (Wildman–Crippen LogP) is 4.01. The molecule has 0 aliphatic heterocycles. The molecule has 0 amide bonds. The fraction of sp³-hybridized carbons (Fsp3) is 0.333. The summed E-state index contributed by atoms with van der Waals surface area (Å²) in [6, 6.07) is 7.23. The summed E-state index contributed by atoms with van der Waals surface area (Å²) in [4.78, 5) is 0. The van der Waals surface area contributed by atoms with Gasteiger partial charge in [-0.1, -0.05) is 0 Å². The molecule has 1 saturated carbocycles. The van der Waals surface area contributed by atoms with E-state index in [4.69, 9.17) is 9.15 Å². The maximum absolute atomic E-state index is 13.1. The predicted molar refractivity (Wildman–Crippen MR) is 77.0 cm³/mol. The second-order valence-electron chi connectivity index (χ2n) is 4.94. The fourth-order valence-corrected chi connectivity index (χ4v) is 2.22. The Balaban J connectivity index is 1.53. The molecular weight excluding hydrogens is 325 g/mol. The lowest BCUT2D eigenvalue weighted by Crippen LogP contribution is -2.14. The van der Waals surface area contributed by atoms with Gasteiger partial charge in [-0.2, -0.15) is 0 Å². The van der Waals surface area contributed by atoms with Crippen LogP contribution in [0.25, 0.3) is 0 Å². The van der Waals surface area contributed by atoms with Gasteiger partial charge in [0.25, 0.3) is 0 Å². The minimum absolute atomic E-state index is 0.302. The Morgan fingerprint density at radius 3 is 2.95 bits per heavy atom. The lowest BCUT2D eigenvalue weighted by molar-refractivity contribution is 0.270. The Morgan fingerprint density at radius 1 is 1.35 bits per heavy atom. The zero-order valence-electron chi connectivity index (χ0n) is 10.9. The minimum Gasteiger partial charge on any atom is -0.486 e. The molecule has 106 valence electrons. The van der Waals surface area contributed by atoms with E-state index in [0.29, 0.717) is 22.9 Å². The van der Waals surface area contributed by atoms with E-state index < -0.39 is 0 Å². The van der Waals surface area contributed by atoms with Crippen LogP contribution < -0.4 is 10.1 Å². The molecule has 1 aliphatic rings. The number of furan rings is 1. The summed E-state index contributed by atoms with van der Waals surface area (Å²) in [5.74, 6) is 1.06. The highest BCUT2D eigenvalue weighted by Gasteiger charge is 2.20. The van der Waals surface area contributed by atoms with Crippen molar-refractivity contribution in [1.82, 2.24) is 5.32 Å². The van der Waals surface area contributed by atoms with Crippen LogP contribution in [0.5, 0.6) is 5.75 Å². The normalized spacial score (nSPS) is 14.5. The molecule has 3 rings (SSSR count). The Bertz CT molecular complexity index is 595. The first kappa shape index (κ1) is 13.6. The number of hydrogen-bond acceptors (Lipinski definition) is 3. The summed E-state index contributed by atoms with van der Waals surface area (Å²) >= 11 is 3.13. The molecule has 3 nitrogen and oxygen atoms in total. The van der Waals surface area contributed by atoms with Crippen LogP contribution in [-0.4, -0.2) is 6.04 Å². The van der Waals surface area contributed by atoms with E-state index in [0.717, 1.165) is 17.9 Å². The second kappa shape index (κ2) is 5.97. The molecule has 0 radical (unpaired) electrons. The van der Waals surface area contributed by atoms with Crippen LogP contribution >= 0.6 is 15.9 Å². The highest BCUT2D eigenvalue weighted by molar-refractivity contribution is 9.10. The lowest BCUT2D eigenvalue weighted by Gasteiger charge is -2.04. The van der Waals surface area contributed by atoms with Gasteiger partial charge in [0.1, 0.15) is 23.9 Å². The standard InChI is InChI=1S/C15H15BrFNO2/c16-14-6-12(3-4-15(14)17)20-9-13-5-10(8-19-13)7-18-11-1-2-11/h3-6,8,11,18H,1-2,7,9H2. The number of hydrogen-bond donors (Lipinski definition) is 1. The fourth-order valence-electron chi connectivity index (χ4n) is 1.87. The van der Waals surface area contributed by atoms with Crippen LogP contribution in [0, 0.1) is 5.82 Å². The van der Waals surface area contributed by atoms with E-state index in [-0.39, 0.29) is 5.82 Å². The Labute approximate surface area is 125 Å². The van der Waals surface area contributed by atoms with Gasteiger partial charge >= 0.3 is 0 Å². The molecule has 1 aliphatic carbocycles. The average Bonchev–Trinajstić information content (AvgIpc) is 3.16. The van der Waals surface area contributed by atoms with Crippen molar-refractivity contribution in [1.29, 1.82) is 0 Å². The first-order chi connectivity index (χ1) is 9.70. The van der Waals surface area contributed by atoms with Crippen LogP contribution in [0.1, 0.15) is 24.2 Å². The zero-order valence-corrected chi connectivity index (χ0v) is 12.5. The van der Waals surface area contributed by atoms with Crippen molar-refractivity contribution < 1.29 is 13.5 Å². The third kappa shape index (κ3) is 3.61. The van der Waals surface area contributed by atoms with Gasteiger partial charge in [0.15, 0.2) is 0 Å². The summed E-state index contributed by atoms with van der Waals surface area (Å²) in [5, 5.41) is 3.43. The van der Waals surface area contributed by atoms with Gasteiger partial charge in [-0.05, 0) is 53.0 Å². The monoisotopic (exact) mass is 339 g/mol. The third-order valence-electron chi connectivity index (χ3n) is 3.15. The van der Waals surface area contributed by atoms with Crippen molar-refractivity contribution in [3.63, 3.8) is 0 Å². The van der Waals surface area contributed by atoms with Crippen molar-refractivity contribution in [3.05, 3.63) is 52.1 Å². The molecular formula is C15H15BrFNO2. The van der Waals surface area contributed by atoms with Gasteiger partial charge < -0.3 is 14.5 Å². The summed E-state index contributed by atoms with van der Waals surface area (Å²) in [7, 11) is 0. The first-order valence-electron chi connectivity index (χ1n) is 6.58. The van der Waals surface area contributed by atoms with Gasteiger partial charge in [0.05, 0.1) is 10.7 Å². The Hall–Kier alpha value is -1.33. The van der Waals surface area contributed by atoms with Crippen molar-refractivity contribution in [2.24, 2.45) is 0 Å². The molecule has 5 heteroatoms. The number of rotatable bonds is 6. The Morgan fingerprint density at radius 2 is 2.20 bits per heavy atom. The molecule has 1 N–H and O–H groups in total. The van der Waals surface area contributed by atoms with Crippen LogP contribution in [0.4, 0.5) is 4.39 Å². The number of ether oxygens (including phenoxy) is 1. The highest BCUT2D eigenvalue weighted by atomic mass is 79.9. The van der Waals surface area contributed by atoms with E-state index in [1.54, 1.807) is 18.4 Å². The zero-order chi connectivity index (χ0) is 13.9. The van der Waals surface area contributed by atoms with Crippen LogP contribution in [0.3, 0.4) is 0 Å². The average molecular weight is 340 g/mol. The highest BCUT2D eigenvalue weighted by Crippen LogP contribution is 2.23. The molecule has 0 spiro atoms. The van der Waals surface area contributed by atoms with E-state index in [2.05, 4.69) is 21.2 Å². The largest absolute Gasteiger partial charge is 0.486 e. The van der Waals surface area contributed by atoms with Gasteiger partial charge in [0.2, 0.25) is 0 Å². The molecule has 1 aromatic heterocycles. The number of halogens is 2. The van der Waals surface area contributed by atoms with Gasteiger partial charge in [-0.3, -0.25) is 0 Å². The van der Waals surface area contributed by atoms with Crippen LogP contribution in [0.15, 0.2) is 39.4 Å².